The number of nitrogens with zero attached hydrogens (tertiary/aromatic N) is 1. The zero-order valence-corrected chi connectivity index (χ0v) is 19.5. The van der Waals surface area contributed by atoms with E-state index in [0.717, 1.165) is 6.42 Å². The fourth-order valence-corrected chi connectivity index (χ4v) is 3.15. The van der Waals surface area contributed by atoms with Gasteiger partial charge >= 0.3 is 0 Å². The third-order valence-corrected chi connectivity index (χ3v) is 4.53. The number of hydrogen-bond donors (Lipinski definition) is 1. The number of ether oxygens (including phenoxy) is 4. The van der Waals surface area contributed by atoms with Gasteiger partial charge in [-0.25, -0.2) is 5.43 Å². The van der Waals surface area contributed by atoms with Crippen LogP contribution in [0.2, 0.25) is 0 Å². The van der Waals surface area contributed by atoms with Gasteiger partial charge in [-0.2, -0.15) is 5.10 Å². The van der Waals surface area contributed by atoms with Crippen molar-refractivity contribution >= 4 is 28.1 Å². The maximum absolute atomic E-state index is 12.5. The highest BCUT2D eigenvalue weighted by Crippen LogP contribution is 2.36. The number of benzene rings is 2. The Hall–Kier alpha value is -3.00. The molecule has 0 atom stereocenters. The number of rotatable bonds is 12. The maximum Gasteiger partial charge on any atom is 0.271 e. The molecule has 0 aromatic heterocycles. The first kappa shape index (κ1) is 24.3. The van der Waals surface area contributed by atoms with Gasteiger partial charge in [-0.3, -0.25) is 4.79 Å². The van der Waals surface area contributed by atoms with E-state index in [0.29, 0.717) is 58.4 Å². The number of hydrazone groups is 1. The number of carbonyl (C=O) groups excluding carboxylic acids is 1. The molecule has 0 saturated carbocycles. The molecule has 8 heteroatoms. The molecule has 7 nitrogen and oxygen atoms in total. The first-order chi connectivity index (χ1) is 15.0. The molecule has 1 amide bonds. The van der Waals surface area contributed by atoms with Gasteiger partial charge in [-0.15, -0.1) is 0 Å². The molecule has 2 aromatic rings. The number of halogens is 1. The van der Waals surface area contributed by atoms with Crippen molar-refractivity contribution in [2.75, 3.05) is 26.9 Å². The van der Waals surface area contributed by atoms with Crippen molar-refractivity contribution < 1.29 is 23.7 Å². The summed E-state index contributed by atoms with van der Waals surface area (Å²) in [6, 6.07) is 8.60. The van der Waals surface area contributed by atoms with E-state index in [1.54, 1.807) is 37.5 Å². The van der Waals surface area contributed by atoms with E-state index in [1.165, 1.54) is 6.21 Å². The van der Waals surface area contributed by atoms with Crippen molar-refractivity contribution in [1.29, 1.82) is 0 Å². The number of nitrogens with one attached hydrogen (secondary N) is 1. The lowest BCUT2D eigenvalue weighted by atomic mass is 10.2. The van der Waals surface area contributed by atoms with Crippen LogP contribution in [0, 0.1) is 0 Å². The van der Waals surface area contributed by atoms with Crippen molar-refractivity contribution in [3.8, 4) is 23.0 Å². The molecule has 0 aliphatic rings. The maximum atomic E-state index is 12.5. The summed E-state index contributed by atoms with van der Waals surface area (Å²) in [6.45, 7) is 8.93. The van der Waals surface area contributed by atoms with Crippen LogP contribution in [0.25, 0.3) is 0 Å². The highest BCUT2D eigenvalue weighted by Gasteiger charge is 2.12. The summed E-state index contributed by atoms with van der Waals surface area (Å²) < 4.78 is 22.9. The molecule has 1 N–H and O–H groups in total. The minimum Gasteiger partial charge on any atom is -0.493 e. The summed E-state index contributed by atoms with van der Waals surface area (Å²) >= 11 is 3.46. The van der Waals surface area contributed by atoms with Crippen LogP contribution >= 0.6 is 15.9 Å². The monoisotopic (exact) mass is 490 g/mol. The van der Waals surface area contributed by atoms with Crippen LogP contribution < -0.4 is 24.4 Å². The normalized spacial score (nSPS) is 10.6. The fourth-order valence-electron chi connectivity index (χ4n) is 2.58. The molecule has 0 bridgehead atoms. The Morgan fingerprint density at radius 1 is 1.13 bits per heavy atom. The van der Waals surface area contributed by atoms with Gasteiger partial charge in [0.1, 0.15) is 6.61 Å². The van der Waals surface area contributed by atoms with Crippen molar-refractivity contribution in [2.24, 2.45) is 5.10 Å². The summed E-state index contributed by atoms with van der Waals surface area (Å²) in [5.41, 5.74) is 3.65. The highest BCUT2D eigenvalue weighted by molar-refractivity contribution is 9.10. The quantitative estimate of drug-likeness (QED) is 0.258. The van der Waals surface area contributed by atoms with Crippen LogP contribution in [0.4, 0.5) is 0 Å². The summed E-state index contributed by atoms with van der Waals surface area (Å²) in [7, 11) is 1.55. The zero-order chi connectivity index (χ0) is 22.6. The van der Waals surface area contributed by atoms with Gasteiger partial charge < -0.3 is 18.9 Å². The van der Waals surface area contributed by atoms with Crippen molar-refractivity contribution in [3.63, 3.8) is 0 Å². The largest absolute Gasteiger partial charge is 0.493 e. The van der Waals surface area contributed by atoms with E-state index in [9.17, 15) is 4.79 Å². The third-order valence-electron chi connectivity index (χ3n) is 3.94. The van der Waals surface area contributed by atoms with E-state index in [2.05, 4.69) is 33.0 Å². The predicted molar refractivity (Wildman–Crippen MR) is 125 cm³/mol. The highest BCUT2D eigenvalue weighted by atomic mass is 79.9. The smallest absolute Gasteiger partial charge is 0.271 e. The predicted octanol–water partition coefficient (Wildman–Crippen LogP) is 4.97. The number of hydrogen-bond acceptors (Lipinski definition) is 6. The van der Waals surface area contributed by atoms with Gasteiger partial charge in [0.25, 0.3) is 5.91 Å². The average molecular weight is 491 g/mol. The Bertz CT molecular complexity index is 930. The summed E-state index contributed by atoms with van der Waals surface area (Å²) in [4.78, 5) is 12.5. The molecule has 166 valence electrons. The van der Waals surface area contributed by atoms with E-state index >= 15 is 0 Å². The molecule has 2 rings (SSSR count). The van der Waals surface area contributed by atoms with Gasteiger partial charge in [0.2, 0.25) is 0 Å². The van der Waals surface area contributed by atoms with E-state index in [-0.39, 0.29) is 5.91 Å². The Kier molecular flexibility index (Phi) is 9.90. The molecule has 0 fully saturated rings. The van der Waals surface area contributed by atoms with Gasteiger partial charge in [0, 0.05) is 5.56 Å². The number of carbonyl (C=O) groups is 1. The molecule has 0 radical (unpaired) electrons. The number of amides is 1. The van der Waals surface area contributed by atoms with Crippen LogP contribution in [0.15, 0.2) is 52.6 Å². The standard InChI is InChI=1S/C23H27BrN2O5/c1-5-10-30-19-9-8-17(14-20(19)29-7-3)23(27)26-25-15-16-12-18(24)22(31-11-6-2)21(13-16)28-4/h6,8-9,12-15H,2,5,7,10-11H2,1,3-4H3,(H,26,27)/b25-15+. The van der Waals surface area contributed by atoms with Crippen LogP contribution in [0.5, 0.6) is 23.0 Å². The summed E-state index contributed by atoms with van der Waals surface area (Å²) in [6.07, 6.45) is 4.05. The Labute approximate surface area is 191 Å². The van der Waals surface area contributed by atoms with Crippen molar-refractivity contribution in [2.45, 2.75) is 20.3 Å². The summed E-state index contributed by atoms with van der Waals surface area (Å²) in [5, 5.41) is 4.04. The van der Waals surface area contributed by atoms with Crippen LogP contribution in [-0.4, -0.2) is 39.1 Å². The second-order valence-corrected chi connectivity index (χ2v) is 7.13. The molecule has 0 aliphatic heterocycles. The molecule has 0 unspecified atom stereocenters. The summed E-state index contributed by atoms with van der Waals surface area (Å²) in [5.74, 6) is 1.87. The fraction of sp³-hybridized carbons (Fsp3) is 0.304. The lowest BCUT2D eigenvalue weighted by molar-refractivity contribution is 0.0954. The average Bonchev–Trinajstić information content (AvgIpc) is 2.77. The second-order valence-electron chi connectivity index (χ2n) is 6.28. The second kappa shape index (κ2) is 12.6. The van der Waals surface area contributed by atoms with Crippen LogP contribution in [-0.2, 0) is 0 Å². The molecule has 0 spiro atoms. The minimum absolute atomic E-state index is 0.352. The Morgan fingerprint density at radius 3 is 2.61 bits per heavy atom. The number of methoxy groups -OCH3 is 1. The molecule has 0 heterocycles. The molecular formula is C23H27BrN2O5. The SMILES string of the molecule is C=CCOc1c(Br)cc(/C=N/NC(=O)c2ccc(OCCC)c(OCC)c2)cc1OC. The van der Waals surface area contributed by atoms with Gasteiger partial charge in [0.15, 0.2) is 23.0 Å². The van der Waals surface area contributed by atoms with Gasteiger partial charge in [0.05, 0.1) is 31.0 Å². The topological polar surface area (TPSA) is 78.4 Å². The lowest BCUT2D eigenvalue weighted by Gasteiger charge is -2.12. The van der Waals surface area contributed by atoms with Gasteiger partial charge in [-0.05, 0) is 65.2 Å². The molecule has 31 heavy (non-hydrogen) atoms. The van der Waals surface area contributed by atoms with E-state index in [4.69, 9.17) is 18.9 Å². The van der Waals surface area contributed by atoms with Crippen molar-refractivity contribution in [3.05, 3.63) is 58.6 Å². The Balaban J connectivity index is 2.12. The van der Waals surface area contributed by atoms with Crippen LogP contribution in [0.1, 0.15) is 36.2 Å². The van der Waals surface area contributed by atoms with Crippen LogP contribution in [0.3, 0.4) is 0 Å². The lowest BCUT2D eigenvalue weighted by Crippen LogP contribution is -2.17. The first-order valence-corrected chi connectivity index (χ1v) is 10.7. The third kappa shape index (κ3) is 7.03. The molecule has 0 aliphatic carbocycles. The first-order valence-electron chi connectivity index (χ1n) is 9.88. The van der Waals surface area contributed by atoms with Crippen molar-refractivity contribution in [1.82, 2.24) is 5.43 Å². The zero-order valence-electron chi connectivity index (χ0n) is 17.9. The molecule has 0 saturated heterocycles. The van der Waals surface area contributed by atoms with E-state index in [1.807, 2.05) is 19.9 Å². The van der Waals surface area contributed by atoms with Gasteiger partial charge in [-0.1, -0.05) is 19.6 Å². The minimum atomic E-state index is -0.365. The molecule has 2 aromatic carbocycles. The van der Waals surface area contributed by atoms with E-state index < -0.39 is 0 Å². The Morgan fingerprint density at radius 2 is 1.94 bits per heavy atom. The molecular weight excluding hydrogens is 464 g/mol.